The second-order valence-corrected chi connectivity index (χ2v) is 9.05. The molecule has 4 rings (SSSR count). The quantitative estimate of drug-likeness (QED) is 0.481. The summed E-state index contributed by atoms with van der Waals surface area (Å²) >= 11 is 0. The van der Waals surface area contributed by atoms with Crippen LogP contribution in [0.3, 0.4) is 0 Å². The first-order chi connectivity index (χ1) is 18.4. The molecule has 9 nitrogen and oxygen atoms in total. The number of morpholine rings is 1. The van der Waals surface area contributed by atoms with Crippen molar-refractivity contribution in [1.29, 1.82) is 0 Å². The number of ether oxygens (including phenoxy) is 1. The lowest BCUT2D eigenvalue weighted by molar-refractivity contribution is 0.0303. The van der Waals surface area contributed by atoms with Crippen LogP contribution in [0.25, 0.3) is 11.1 Å². The fraction of sp³-hybridized carbons (Fsp3) is 0.276. The van der Waals surface area contributed by atoms with Gasteiger partial charge in [0.05, 0.1) is 19.8 Å². The number of nitrogens with one attached hydrogen (secondary N) is 1. The number of amides is 2. The van der Waals surface area contributed by atoms with E-state index < -0.39 is 0 Å². The highest BCUT2D eigenvalue weighted by atomic mass is 16.5. The van der Waals surface area contributed by atoms with Crippen LogP contribution < -0.4 is 10.8 Å². The summed E-state index contributed by atoms with van der Waals surface area (Å²) in [5.74, 6) is 0.291. The average Bonchev–Trinajstić information content (AvgIpc) is 2.94. The zero-order valence-electron chi connectivity index (χ0n) is 21.8. The van der Waals surface area contributed by atoms with E-state index >= 15 is 0 Å². The van der Waals surface area contributed by atoms with E-state index in [0.717, 1.165) is 16.8 Å². The lowest BCUT2D eigenvalue weighted by Crippen LogP contribution is -2.40. The number of carbonyl (C=O) groups excluding carboxylic acids is 2. The molecule has 0 saturated carbocycles. The van der Waals surface area contributed by atoms with Crippen molar-refractivity contribution in [1.82, 2.24) is 14.4 Å². The number of aliphatic hydroxyl groups excluding tert-OH is 1. The molecule has 1 fully saturated rings. The van der Waals surface area contributed by atoms with E-state index in [1.807, 2.05) is 54.2 Å². The second-order valence-electron chi connectivity index (χ2n) is 9.05. The smallest absolute Gasteiger partial charge is 0.254 e. The van der Waals surface area contributed by atoms with Gasteiger partial charge in [-0.15, -0.1) is 0 Å². The molecule has 0 radical (unpaired) electrons. The Morgan fingerprint density at radius 3 is 2.37 bits per heavy atom. The topological polar surface area (TPSA) is 99.4 Å². The largest absolute Gasteiger partial charge is 0.395 e. The minimum Gasteiger partial charge on any atom is -0.395 e. The third-order valence-corrected chi connectivity index (χ3v) is 6.33. The number of likely N-dealkylation sites (N-methyl/N-ethyl adjacent to an activating group) is 1. The molecular formula is C29H33N5O4. The van der Waals surface area contributed by atoms with Crippen LogP contribution in [0.2, 0.25) is 0 Å². The van der Waals surface area contributed by atoms with Crippen LogP contribution in [0.15, 0.2) is 84.3 Å². The van der Waals surface area contributed by atoms with Crippen LogP contribution in [0, 0.1) is 0 Å². The van der Waals surface area contributed by atoms with Gasteiger partial charge in [0.25, 0.3) is 11.8 Å². The van der Waals surface area contributed by atoms with Gasteiger partial charge in [-0.25, -0.2) is 4.99 Å². The lowest BCUT2D eigenvalue weighted by Gasteiger charge is -2.26. The molecule has 1 saturated heterocycles. The molecule has 2 heterocycles. The van der Waals surface area contributed by atoms with Crippen LogP contribution in [-0.2, 0) is 11.8 Å². The minimum atomic E-state index is -0.149. The number of hydrogen-bond acceptors (Lipinski definition) is 6. The van der Waals surface area contributed by atoms with Gasteiger partial charge in [0.2, 0.25) is 0 Å². The summed E-state index contributed by atoms with van der Waals surface area (Å²) in [5.41, 5.74) is 4.42. The molecule has 2 N–H and O–H groups in total. The molecule has 0 spiro atoms. The molecule has 1 aliphatic heterocycles. The maximum absolute atomic E-state index is 12.7. The van der Waals surface area contributed by atoms with Crippen molar-refractivity contribution in [3.05, 3.63) is 95.9 Å². The summed E-state index contributed by atoms with van der Waals surface area (Å²) in [5, 5.41) is 12.3. The van der Waals surface area contributed by atoms with E-state index in [4.69, 9.17) is 14.8 Å². The summed E-state index contributed by atoms with van der Waals surface area (Å²) in [4.78, 5) is 33.2. The van der Waals surface area contributed by atoms with Gasteiger partial charge in [0, 0.05) is 62.3 Å². The lowest BCUT2D eigenvalue weighted by atomic mass is 10.0. The average molecular weight is 516 g/mol. The highest BCUT2D eigenvalue weighted by molar-refractivity contribution is 5.95. The maximum atomic E-state index is 12.7. The molecule has 2 amide bonds. The molecule has 1 aromatic heterocycles. The molecule has 9 heteroatoms. The van der Waals surface area contributed by atoms with Crippen molar-refractivity contribution in [2.75, 3.05) is 51.8 Å². The van der Waals surface area contributed by atoms with Crippen LogP contribution in [-0.4, -0.2) is 77.8 Å². The molecule has 0 atom stereocenters. The Balaban J connectivity index is 1.51. The molecule has 0 unspecified atom stereocenters. The van der Waals surface area contributed by atoms with Gasteiger partial charge < -0.3 is 29.5 Å². The Kier molecular flexibility index (Phi) is 8.73. The number of anilines is 1. The Hall–Kier alpha value is -4.21. The van der Waals surface area contributed by atoms with Crippen molar-refractivity contribution in [2.45, 2.75) is 0 Å². The van der Waals surface area contributed by atoms with Gasteiger partial charge >= 0.3 is 0 Å². The van der Waals surface area contributed by atoms with E-state index in [1.54, 1.807) is 36.2 Å². The Morgan fingerprint density at radius 2 is 1.71 bits per heavy atom. The molecular weight excluding hydrogens is 482 g/mol. The number of carbonyl (C=O) groups is 2. The number of benzene rings is 2. The van der Waals surface area contributed by atoms with Gasteiger partial charge in [-0.3, -0.25) is 9.59 Å². The van der Waals surface area contributed by atoms with E-state index in [-0.39, 0.29) is 25.0 Å². The van der Waals surface area contributed by atoms with Crippen molar-refractivity contribution in [2.24, 2.45) is 12.0 Å². The predicted octanol–water partition coefficient (Wildman–Crippen LogP) is 2.71. The van der Waals surface area contributed by atoms with Gasteiger partial charge in [-0.1, -0.05) is 18.7 Å². The first kappa shape index (κ1) is 26.8. The molecule has 38 heavy (non-hydrogen) atoms. The summed E-state index contributed by atoms with van der Waals surface area (Å²) < 4.78 is 7.23. The molecule has 1 aliphatic rings. The van der Waals surface area contributed by atoms with Crippen molar-refractivity contribution < 1.29 is 19.4 Å². The van der Waals surface area contributed by atoms with Crippen molar-refractivity contribution in [3.8, 4) is 11.1 Å². The predicted molar refractivity (Wildman–Crippen MR) is 146 cm³/mol. The highest BCUT2D eigenvalue weighted by Crippen LogP contribution is 2.18. The Morgan fingerprint density at radius 1 is 1.05 bits per heavy atom. The normalized spacial score (nSPS) is 13.8. The summed E-state index contributed by atoms with van der Waals surface area (Å²) in [6.07, 6.45) is 1.91. The summed E-state index contributed by atoms with van der Waals surface area (Å²) in [7, 11) is 3.57. The fourth-order valence-corrected chi connectivity index (χ4v) is 4.20. The van der Waals surface area contributed by atoms with Gasteiger partial charge in [0.1, 0.15) is 11.3 Å². The molecule has 0 bridgehead atoms. The van der Waals surface area contributed by atoms with Crippen LogP contribution in [0.1, 0.15) is 20.7 Å². The standard InChI is InChI=1S/C29H33N5O4/c1-21(30-25-12-10-24(11-13-25)29(37)34-16-19-38-20-17-34)31-27-26(5-4-14-32(27)2)22-6-8-23(9-7-22)28(36)33(3)15-18-35/h4-14,30,35H,1,15-20H2,2-3H3. The van der Waals surface area contributed by atoms with Gasteiger partial charge in [-0.05, 0) is 54.1 Å². The first-order valence-electron chi connectivity index (χ1n) is 12.5. The Labute approximate surface area is 222 Å². The zero-order chi connectivity index (χ0) is 27.1. The number of pyridine rings is 1. The third-order valence-electron chi connectivity index (χ3n) is 6.33. The second kappa shape index (κ2) is 12.4. The van der Waals surface area contributed by atoms with Gasteiger partial charge in [-0.2, -0.15) is 0 Å². The molecule has 0 aliphatic carbocycles. The minimum absolute atomic E-state index is 0.00271. The number of hydrogen-bond donors (Lipinski definition) is 2. The van der Waals surface area contributed by atoms with Crippen molar-refractivity contribution in [3.63, 3.8) is 0 Å². The first-order valence-corrected chi connectivity index (χ1v) is 12.5. The number of aliphatic hydroxyl groups is 1. The highest BCUT2D eigenvalue weighted by Gasteiger charge is 2.18. The van der Waals surface area contributed by atoms with E-state index in [2.05, 4.69) is 11.9 Å². The van der Waals surface area contributed by atoms with Crippen LogP contribution in [0.5, 0.6) is 0 Å². The Bertz CT molecular complexity index is 1360. The third kappa shape index (κ3) is 6.37. The maximum Gasteiger partial charge on any atom is 0.254 e. The number of nitrogens with zero attached hydrogens (tertiary/aromatic N) is 4. The van der Waals surface area contributed by atoms with Crippen LogP contribution >= 0.6 is 0 Å². The molecule has 198 valence electrons. The van der Waals surface area contributed by atoms with Gasteiger partial charge in [0.15, 0.2) is 0 Å². The zero-order valence-corrected chi connectivity index (χ0v) is 21.8. The van der Waals surface area contributed by atoms with Crippen molar-refractivity contribution >= 4 is 17.5 Å². The fourth-order valence-electron chi connectivity index (χ4n) is 4.20. The summed E-state index contributed by atoms with van der Waals surface area (Å²) in [6, 6.07) is 18.5. The molecule has 2 aromatic carbocycles. The number of rotatable bonds is 8. The number of aryl methyl sites for hydroxylation is 1. The molecule has 3 aromatic rings. The monoisotopic (exact) mass is 515 g/mol. The van der Waals surface area contributed by atoms with E-state index in [9.17, 15) is 9.59 Å². The SMILES string of the molecule is C=C(N=c1c(-c2ccc(C(=O)N(C)CCO)cc2)cccn1C)Nc1ccc(C(=O)N2CCOCC2)cc1. The number of aromatic nitrogens is 1. The van der Waals surface area contributed by atoms with E-state index in [0.29, 0.717) is 48.7 Å². The summed E-state index contributed by atoms with van der Waals surface area (Å²) in [6.45, 7) is 6.60. The van der Waals surface area contributed by atoms with Crippen LogP contribution in [0.4, 0.5) is 5.69 Å². The van der Waals surface area contributed by atoms with E-state index in [1.165, 1.54) is 4.90 Å².